The lowest BCUT2D eigenvalue weighted by molar-refractivity contribution is -0.140. The fourth-order valence-corrected chi connectivity index (χ4v) is 1.83. The van der Waals surface area contributed by atoms with Crippen molar-refractivity contribution in [3.8, 4) is 0 Å². The minimum Gasteiger partial charge on any atom is -0.481 e. The first-order valence-electron chi connectivity index (χ1n) is 5.47. The van der Waals surface area contributed by atoms with E-state index < -0.39 is 11.9 Å². The number of aliphatic carboxylic acids is 1. The summed E-state index contributed by atoms with van der Waals surface area (Å²) < 4.78 is 0. The van der Waals surface area contributed by atoms with E-state index in [1.54, 1.807) is 0 Å². The van der Waals surface area contributed by atoms with Gasteiger partial charge in [0.05, 0.1) is 0 Å². The highest BCUT2D eigenvalue weighted by Crippen LogP contribution is 2.24. The molecule has 1 unspecified atom stereocenters. The van der Waals surface area contributed by atoms with Gasteiger partial charge in [-0.2, -0.15) is 0 Å². The molecule has 1 N–H and O–H groups in total. The molecule has 0 aromatic heterocycles. The summed E-state index contributed by atoms with van der Waals surface area (Å²) in [6.45, 7) is 4.30. The highest BCUT2D eigenvalue weighted by Gasteiger charge is 2.38. The van der Waals surface area contributed by atoms with Gasteiger partial charge in [-0.3, -0.25) is 19.3 Å². The summed E-state index contributed by atoms with van der Waals surface area (Å²) in [5.41, 5.74) is 0. The number of carbonyl (C=O) groups excluding carboxylic acids is 2. The highest BCUT2D eigenvalue weighted by molar-refractivity contribution is 6.03. The van der Waals surface area contributed by atoms with E-state index in [1.165, 1.54) is 4.90 Å². The van der Waals surface area contributed by atoms with Crippen LogP contribution in [0.4, 0.5) is 0 Å². The number of hydrogen-bond acceptors (Lipinski definition) is 3. The Kier molecular flexibility index (Phi) is 4.04. The van der Waals surface area contributed by atoms with Crippen LogP contribution in [0.25, 0.3) is 0 Å². The molecule has 0 saturated carbocycles. The zero-order valence-electron chi connectivity index (χ0n) is 9.60. The van der Waals surface area contributed by atoms with E-state index in [0.717, 1.165) is 0 Å². The van der Waals surface area contributed by atoms with Crippen LogP contribution in [-0.4, -0.2) is 34.3 Å². The Morgan fingerprint density at radius 1 is 1.50 bits per heavy atom. The van der Waals surface area contributed by atoms with Crippen LogP contribution < -0.4 is 0 Å². The van der Waals surface area contributed by atoms with E-state index in [0.29, 0.717) is 6.54 Å². The molecule has 1 heterocycles. The van der Waals surface area contributed by atoms with Crippen LogP contribution >= 0.6 is 0 Å². The Morgan fingerprint density at radius 2 is 2.12 bits per heavy atom. The molecule has 1 atom stereocenters. The smallest absolute Gasteiger partial charge is 0.303 e. The first kappa shape index (κ1) is 12.7. The summed E-state index contributed by atoms with van der Waals surface area (Å²) in [4.78, 5) is 35.0. The first-order valence-corrected chi connectivity index (χ1v) is 5.47. The lowest BCUT2D eigenvalue weighted by Gasteiger charge is -2.16. The van der Waals surface area contributed by atoms with Gasteiger partial charge in [0.1, 0.15) is 0 Å². The molecular formula is C11H17NO4. The van der Waals surface area contributed by atoms with Crippen LogP contribution in [0.3, 0.4) is 0 Å². The third-order valence-corrected chi connectivity index (χ3v) is 2.59. The van der Waals surface area contributed by atoms with E-state index >= 15 is 0 Å². The third kappa shape index (κ3) is 3.05. The zero-order valence-corrected chi connectivity index (χ0v) is 9.60. The lowest BCUT2D eigenvalue weighted by Crippen LogP contribution is -2.34. The molecule has 2 amide bonds. The number of carbonyl (C=O) groups is 3. The molecule has 90 valence electrons. The molecule has 5 heteroatoms. The van der Waals surface area contributed by atoms with E-state index in [9.17, 15) is 14.4 Å². The summed E-state index contributed by atoms with van der Waals surface area (Å²) in [6.07, 6.45) is 0.368. The normalized spacial score (nSPS) is 20.9. The largest absolute Gasteiger partial charge is 0.481 e. The standard InChI is InChI=1S/C11H17NO4/c1-7(2)6-12-9(13)5-8(11(12)16)3-4-10(14)15/h7-8H,3-6H2,1-2H3,(H,14,15). The van der Waals surface area contributed by atoms with Gasteiger partial charge in [-0.1, -0.05) is 13.8 Å². The molecule has 1 aliphatic rings. The van der Waals surface area contributed by atoms with Crippen LogP contribution in [0.2, 0.25) is 0 Å². The maximum absolute atomic E-state index is 11.8. The van der Waals surface area contributed by atoms with Crippen LogP contribution in [-0.2, 0) is 14.4 Å². The van der Waals surface area contributed by atoms with Crippen molar-refractivity contribution < 1.29 is 19.5 Å². The van der Waals surface area contributed by atoms with Crippen LogP contribution in [0, 0.1) is 11.8 Å². The van der Waals surface area contributed by atoms with E-state index in [2.05, 4.69) is 0 Å². The summed E-state index contributed by atoms with van der Waals surface area (Å²) in [5.74, 6) is -1.50. The number of hydrogen-bond donors (Lipinski definition) is 1. The molecule has 1 rings (SSSR count). The average molecular weight is 227 g/mol. The number of rotatable bonds is 5. The monoisotopic (exact) mass is 227 g/mol. The topological polar surface area (TPSA) is 74.7 Å². The van der Waals surface area contributed by atoms with Crippen molar-refractivity contribution in [1.82, 2.24) is 4.90 Å². The molecule has 1 saturated heterocycles. The molecule has 0 aromatic rings. The van der Waals surface area contributed by atoms with Gasteiger partial charge in [-0.05, 0) is 12.3 Å². The van der Waals surface area contributed by atoms with Crippen molar-refractivity contribution >= 4 is 17.8 Å². The predicted octanol–water partition coefficient (Wildman–Crippen LogP) is 0.882. The number of nitrogens with zero attached hydrogens (tertiary/aromatic N) is 1. The van der Waals surface area contributed by atoms with E-state index in [4.69, 9.17) is 5.11 Å². The number of imide groups is 1. The first-order chi connectivity index (χ1) is 7.41. The van der Waals surface area contributed by atoms with E-state index in [-0.39, 0.29) is 37.0 Å². The number of carboxylic acids is 1. The molecule has 0 bridgehead atoms. The van der Waals surface area contributed by atoms with Gasteiger partial charge in [0.15, 0.2) is 0 Å². The third-order valence-electron chi connectivity index (χ3n) is 2.59. The molecule has 1 aliphatic heterocycles. The van der Waals surface area contributed by atoms with Crippen LogP contribution in [0.5, 0.6) is 0 Å². The summed E-state index contributed by atoms with van der Waals surface area (Å²) in [5, 5.41) is 8.53. The van der Waals surface area contributed by atoms with Crippen molar-refractivity contribution in [3.05, 3.63) is 0 Å². The maximum atomic E-state index is 11.8. The Balaban J connectivity index is 2.56. The molecule has 16 heavy (non-hydrogen) atoms. The summed E-state index contributed by atoms with van der Waals surface area (Å²) in [7, 11) is 0. The van der Waals surface area contributed by atoms with Crippen molar-refractivity contribution in [2.45, 2.75) is 33.1 Å². The minimum atomic E-state index is -0.928. The summed E-state index contributed by atoms with van der Waals surface area (Å²) >= 11 is 0. The molecule has 1 fully saturated rings. The molecule has 0 aliphatic carbocycles. The van der Waals surface area contributed by atoms with Crippen LogP contribution in [0.15, 0.2) is 0 Å². The number of carboxylic acid groups (broad SMARTS) is 1. The number of amides is 2. The van der Waals surface area contributed by atoms with Crippen molar-refractivity contribution in [2.75, 3.05) is 6.54 Å². The predicted molar refractivity (Wildman–Crippen MR) is 56.5 cm³/mol. The molecule has 0 spiro atoms. The van der Waals surface area contributed by atoms with Crippen LogP contribution in [0.1, 0.15) is 33.1 Å². The quantitative estimate of drug-likeness (QED) is 0.707. The van der Waals surface area contributed by atoms with Gasteiger partial charge in [0.2, 0.25) is 11.8 Å². The fraction of sp³-hybridized carbons (Fsp3) is 0.727. The highest BCUT2D eigenvalue weighted by atomic mass is 16.4. The second-order valence-electron chi connectivity index (χ2n) is 4.57. The minimum absolute atomic E-state index is 0.0563. The second kappa shape index (κ2) is 5.09. The van der Waals surface area contributed by atoms with Crippen molar-refractivity contribution in [3.63, 3.8) is 0 Å². The Morgan fingerprint density at radius 3 is 2.62 bits per heavy atom. The van der Waals surface area contributed by atoms with Gasteiger partial charge in [-0.15, -0.1) is 0 Å². The molecular weight excluding hydrogens is 210 g/mol. The molecule has 0 aromatic carbocycles. The molecule has 0 radical (unpaired) electrons. The molecule has 5 nitrogen and oxygen atoms in total. The average Bonchev–Trinajstić information content (AvgIpc) is 2.42. The SMILES string of the molecule is CC(C)CN1C(=O)CC(CCC(=O)O)C1=O. The van der Waals surface area contributed by atoms with Gasteiger partial charge in [0.25, 0.3) is 0 Å². The van der Waals surface area contributed by atoms with Gasteiger partial charge in [-0.25, -0.2) is 0 Å². The van der Waals surface area contributed by atoms with Gasteiger partial charge >= 0.3 is 5.97 Å². The number of likely N-dealkylation sites (tertiary alicyclic amines) is 1. The van der Waals surface area contributed by atoms with E-state index in [1.807, 2.05) is 13.8 Å². The van der Waals surface area contributed by atoms with Crippen molar-refractivity contribution in [2.24, 2.45) is 11.8 Å². The Bertz CT molecular complexity index is 311. The maximum Gasteiger partial charge on any atom is 0.303 e. The Labute approximate surface area is 94.4 Å². The lowest BCUT2D eigenvalue weighted by atomic mass is 10.0. The van der Waals surface area contributed by atoms with Gasteiger partial charge in [0, 0.05) is 25.3 Å². The zero-order chi connectivity index (χ0) is 12.3. The van der Waals surface area contributed by atoms with Gasteiger partial charge < -0.3 is 5.11 Å². The van der Waals surface area contributed by atoms with Crippen molar-refractivity contribution in [1.29, 1.82) is 0 Å². The second-order valence-corrected chi connectivity index (χ2v) is 4.57. The Hall–Kier alpha value is -1.39. The summed E-state index contributed by atoms with van der Waals surface area (Å²) in [6, 6.07) is 0. The fourth-order valence-electron chi connectivity index (χ4n) is 1.83.